The highest BCUT2D eigenvalue weighted by Gasteiger charge is 2.27. The molecule has 0 radical (unpaired) electrons. The lowest BCUT2D eigenvalue weighted by molar-refractivity contribution is -0.122. The topological polar surface area (TPSA) is 100 Å². The van der Waals surface area contributed by atoms with Crippen molar-refractivity contribution >= 4 is 39.9 Å². The van der Waals surface area contributed by atoms with E-state index in [1.54, 1.807) is 5.38 Å². The molecule has 0 bridgehead atoms. The van der Waals surface area contributed by atoms with Crippen LogP contribution >= 0.6 is 11.3 Å². The molecule has 0 saturated carbocycles. The molecule has 3 N–H and O–H groups in total. The number of anilines is 2. The van der Waals surface area contributed by atoms with Gasteiger partial charge >= 0.3 is 0 Å². The Bertz CT molecular complexity index is 871. The fraction of sp³-hybridized carbons (Fsp3) is 0.250. The van der Waals surface area contributed by atoms with Crippen molar-refractivity contribution in [3.8, 4) is 0 Å². The number of thiazole rings is 1. The van der Waals surface area contributed by atoms with E-state index in [1.807, 2.05) is 0 Å². The highest BCUT2D eigenvalue weighted by molar-refractivity contribution is 7.13. The van der Waals surface area contributed by atoms with Crippen LogP contribution in [0.2, 0.25) is 0 Å². The number of benzene rings is 1. The van der Waals surface area contributed by atoms with E-state index in [2.05, 4.69) is 20.9 Å². The first-order valence-electron chi connectivity index (χ1n) is 7.70. The van der Waals surface area contributed by atoms with Gasteiger partial charge in [-0.2, -0.15) is 0 Å². The van der Waals surface area contributed by atoms with Crippen LogP contribution in [-0.2, 0) is 20.8 Å². The Kier molecular flexibility index (Phi) is 5.21. The first-order chi connectivity index (χ1) is 12.4. The Labute approximate surface area is 150 Å². The predicted octanol–water partition coefficient (Wildman–Crippen LogP) is 1.82. The average molecular weight is 380 g/mol. The molecule has 26 heavy (non-hydrogen) atoms. The van der Waals surface area contributed by atoms with E-state index >= 15 is 0 Å². The number of hydrogen-bond acceptors (Lipinski definition) is 5. The number of nitrogens with zero attached hydrogens (tertiary/aromatic N) is 1. The van der Waals surface area contributed by atoms with Crippen molar-refractivity contribution in [2.75, 3.05) is 10.6 Å². The van der Waals surface area contributed by atoms with Crippen LogP contribution in [0.4, 0.5) is 19.6 Å². The zero-order valence-corrected chi connectivity index (χ0v) is 14.2. The number of halogens is 2. The number of nitrogens with one attached hydrogen (secondary N) is 3. The van der Waals surface area contributed by atoms with Crippen LogP contribution in [0.3, 0.4) is 0 Å². The number of carbonyl (C=O) groups is 3. The summed E-state index contributed by atoms with van der Waals surface area (Å²) in [5.74, 6) is -3.04. The molecule has 1 fully saturated rings. The Balaban J connectivity index is 1.54. The normalized spacial score (nSPS) is 16.2. The molecule has 136 valence electrons. The lowest BCUT2D eigenvalue weighted by Gasteiger charge is -2.08. The Morgan fingerprint density at radius 1 is 1.27 bits per heavy atom. The van der Waals surface area contributed by atoms with Crippen LogP contribution in [0.15, 0.2) is 23.6 Å². The molecule has 0 aliphatic carbocycles. The van der Waals surface area contributed by atoms with Crippen molar-refractivity contribution in [3.05, 3.63) is 40.9 Å². The Morgan fingerprint density at radius 3 is 2.77 bits per heavy atom. The molecule has 0 unspecified atom stereocenters. The number of hydrogen-bond donors (Lipinski definition) is 3. The Morgan fingerprint density at radius 2 is 2.08 bits per heavy atom. The van der Waals surface area contributed by atoms with E-state index in [4.69, 9.17) is 0 Å². The third kappa shape index (κ3) is 4.39. The summed E-state index contributed by atoms with van der Waals surface area (Å²) < 4.78 is 26.0. The number of aromatic nitrogens is 1. The van der Waals surface area contributed by atoms with Gasteiger partial charge in [-0.3, -0.25) is 14.4 Å². The predicted molar refractivity (Wildman–Crippen MR) is 90.6 cm³/mol. The number of amides is 3. The van der Waals surface area contributed by atoms with E-state index < -0.39 is 23.6 Å². The van der Waals surface area contributed by atoms with E-state index in [9.17, 15) is 23.2 Å². The first kappa shape index (κ1) is 17.9. The largest absolute Gasteiger partial charge is 0.344 e. The standard InChI is InChI=1S/C16H14F2N4O3S/c17-10-2-1-8(5-11(10)18)19-14(24)6-9-7-26-16(20-9)22-15(25)12-3-4-13(23)21-12/h1-2,5,7,12H,3-4,6H2,(H,19,24)(H,21,23)(H,20,22,25)/t12-/m0/s1. The molecule has 3 amide bonds. The molecule has 2 aromatic rings. The maximum Gasteiger partial charge on any atom is 0.248 e. The molecule has 1 aromatic carbocycles. The van der Waals surface area contributed by atoms with Gasteiger partial charge in [0.25, 0.3) is 0 Å². The van der Waals surface area contributed by atoms with Gasteiger partial charge in [0.05, 0.1) is 12.1 Å². The molecule has 10 heteroatoms. The molecule has 1 aliphatic rings. The fourth-order valence-corrected chi connectivity index (χ4v) is 3.11. The summed E-state index contributed by atoms with van der Waals surface area (Å²) in [5.41, 5.74) is 0.551. The maximum absolute atomic E-state index is 13.1. The van der Waals surface area contributed by atoms with Crippen LogP contribution in [0.1, 0.15) is 18.5 Å². The van der Waals surface area contributed by atoms with Gasteiger partial charge in [0, 0.05) is 23.6 Å². The maximum atomic E-state index is 13.1. The number of carbonyl (C=O) groups excluding carboxylic acids is 3. The second-order valence-corrected chi connectivity index (χ2v) is 6.50. The lowest BCUT2D eigenvalue weighted by Crippen LogP contribution is -2.37. The second kappa shape index (κ2) is 7.56. The van der Waals surface area contributed by atoms with Crippen LogP contribution in [-0.4, -0.2) is 28.7 Å². The fourth-order valence-electron chi connectivity index (χ4n) is 2.39. The van der Waals surface area contributed by atoms with Crippen molar-refractivity contribution in [1.29, 1.82) is 0 Å². The van der Waals surface area contributed by atoms with Crippen molar-refractivity contribution in [2.45, 2.75) is 25.3 Å². The van der Waals surface area contributed by atoms with Gasteiger partial charge in [0.15, 0.2) is 16.8 Å². The molecule has 2 heterocycles. The van der Waals surface area contributed by atoms with Crippen molar-refractivity contribution in [3.63, 3.8) is 0 Å². The van der Waals surface area contributed by atoms with Gasteiger partial charge in [-0.05, 0) is 18.6 Å². The zero-order chi connectivity index (χ0) is 18.7. The Hall–Kier alpha value is -2.88. The van der Waals surface area contributed by atoms with Gasteiger partial charge < -0.3 is 16.0 Å². The summed E-state index contributed by atoms with van der Waals surface area (Å²) in [5, 5.41) is 9.50. The van der Waals surface area contributed by atoms with Crippen LogP contribution in [0, 0.1) is 11.6 Å². The zero-order valence-electron chi connectivity index (χ0n) is 13.3. The molecule has 3 rings (SSSR count). The summed E-state index contributed by atoms with van der Waals surface area (Å²) >= 11 is 1.14. The molecule has 1 aromatic heterocycles. The number of rotatable bonds is 5. The lowest BCUT2D eigenvalue weighted by atomic mass is 10.2. The van der Waals surface area contributed by atoms with Crippen LogP contribution < -0.4 is 16.0 Å². The summed E-state index contributed by atoms with van der Waals surface area (Å²) in [6, 6.07) is 2.48. The summed E-state index contributed by atoms with van der Waals surface area (Å²) in [6.07, 6.45) is 0.649. The highest BCUT2D eigenvalue weighted by atomic mass is 32.1. The van der Waals surface area contributed by atoms with Gasteiger partial charge in [-0.15, -0.1) is 11.3 Å². The smallest absolute Gasteiger partial charge is 0.248 e. The second-order valence-electron chi connectivity index (χ2n) is 5.65. The van der Waals surface area contributed by atoms with Crippen molar-refractivity contribution < 1.29 is 23.2 Å². The van der Waals surface area contributed by atoms with Gasteiger partial charge in [-0.25, -0.2) is 13.8 Å². The third-order valence-electron chi connectivity index (χ3n) is 3.64. The molecule has 1 saturated heterocycles. The third-order valence-corrected chi connectivity index (χ3v) is 4.45. The summed E-state index contributed by atoms with van der Waals surface area (Å²) in [4.78, 5) is 39.2. The highest BCUT2D eigenvalue weighted by Crippen LogP contribution is 2.18. The minimum absolute atomic E-state index is 0.0917. The van der Waals surface area contributed by atoms with Crippen LogP contribution in [0.5, 0.6) is 0 Å². The van der Waals surface area contributed by atoms with E-state index in [-0.39, 0.29) is 23.9 Å². The molecule has 0 spiro atoms. The monoisotopic (exact) mass is 380 g/mol. The van der Waals surface area contributed by atoms with E-state index in [1.165, 1.54) is 6.07 Å². The quantitative estimate of drug-likeness (QED) is 0.737. The summed E-state index contributed by atoms with van der Waals surface area (Å²) in [7, 11) is 0. The van der Waals surface area contributed by atoms with E-state index in [0.29, 0.717) is 23.7 Å². The van der Waals surface area contributed by atoms with Gasteiger partial charge in [-0.1, -0.05) is 0 Å². The van der Waals surface area contributed by atoms with Gasteiger partial charge in [0.2, 0.25) is 17.7 Å². The van der Waals surface area contributed by atoms with E-state index in [0.717, 1.165) is 23.5 Å². The average Bonchev–Trinajstić information content (AvgIpc) is 3.20. The van der Waals surface area contributed by atoms with Crippen molar-refractivity contribution in [2.24, 2.45) is 0 Å². The van der Waals surface area contributed by atoms with Crippen LogP contribution in [0.25, 0.3) is 0 Å². The first-order valence-corrected chi connectivity index (χ1v) is 8.58. The molecule has 1 atom stereocenters. The van der Waals surface area contributed by atoms with Gasteiger partial charge in [0.1, 0.15) is 6.04 Å². The summed E-state index contributed by atoms with van der Waals surface area (Å²) in [6.45, 7) is 0. The molecule has 7 nitrogen and oxygen atoms in total. The molecular weight excluding hydrogens is 366 g/mol. The van der Waals surface area contributed by atoms with Crippen molar-refractivity contribution in [1.82, 2.24) is 10.3 Å². The SMILES string of the molecule is O=C(Cc1csc(NC(=O)[C@@H]2CCC(=O)N2)n1)Nc1ccc(F)c(F)c1. The molecular formula is C16H14F2N4O3S. The minimum atomic E-state index is -1.06. The molecule has 1 aliphatic heterocycles. The minimum Gasteiger partial charge on any atom is -0.344 e.